The number of hydrogen-bond donors (Lipinski definition) is 2. The molecule has 3 N–H and O–H groups in total. The number of nitro benzene ring substituents is 1. The number of nitro groups is 1. The SMILES string of the molecule is CC(C)(Nc1ccc([N+](=O)[O-])cc1F)C(N)=O. The molecule has 0 aliphatic rings. The molecule has 0 saturated heterocycles. The van der Waals surface area contributed by atoms with Crippen molar-refractivity contribution >= 4 is 17.3 Å². The van der Waals surface area contributed by atoms with E-state index in [1.807, 2.05) is 0 Å². The maximum absolute atomic E-state index is 13.5. The number of rotatable bonds is 4. The fraction of sp³-hybridized carbons (Fsp3) is 0.300. The number of nitrogens with zero attached hydrogens (tertiary/aromatic N) is 1. The van der Waals surface area contributed by atoms with Gasteiger partial charge in [0, 0.05) is 6.07 Å². The van der Waals surface area contributed by atoms with Crippen LogP contribution in [0.4, 0.5) is 15.8 Å². The lowest BCUT2D eigenvalue weighted by Crippen LogP contribution is -2.45. The fourth-order valence-corrected chi connectivity index (χ4v) is 1.12. The molecule has 92 valence electrons. The highest BCUT2D eigenvalue weighted by Crippen LogP contribution is 2.23. The third kappa shape index (κ3) is 2.90. The number of nitrogens with one attached hydrogen (secondary N) is 1. The number of nitrogens with two attached hydrogens (primary N) is 1. The van der Waals surface area contributed by atoms with Crippen molar-refractivity contribution in [2.75, 3.05) is 5.32 Å². The molecule has 7 heteroatoms. The second-order valence-electron chi connectivity index (χ2n) is 4.04. The molecule has 0 fully saturated rings. The van der Waals surface area contributed by atoms with Crippen molar-refractivity contribution in [1.29, 1.82) is 0 Å². The van der Waals surface area contributed by atoms with Gasteiger partial charge in [-0.1, -0.05) is 0 Å². The van der Waals surface area contributed by atoms with Crippen LogP contribution in [-0.4, -0.2) is 16.4 Å². The number of hydrogen-bond acceptors (Lipinski definition) is 4. The topological polar surface area (TPSA) is 98.3 Å². The largest absolute Gasteiger partial charge is 0.369 e. The minimum atomic E-state index is -1.14. The predicted octanol–water partition coefficient (Wildman–Crippen LogP) is 1.41. The monoisotopic (exact) mass is 241 g/mol. The number of anilines is 1. The van der Waals surface area contributed by atoms with Crippen molar-refractivity contribution in [3.05, 3.63) is 34.1 Å². The molecule has 6 nitrogen and oxygen atoms in total. The first-order chi connectivity index (χ1) is 7.74. The third-order valence-corrected chi connectivity index (χ3v) is 2.23. The van der Waals surface area contributed by atoms with Gasteiger partial charge in [0.1, 0.15) is 5.54 Å². The molecule has 1 amide bonds. The average molecular weight is 241 g/mol. The van der Waals surface area contributed by atoms with E-state index in [1.54, 1.807) is 0 Å². The number of benzene rings is 1. The van der Waals surface area contributed by atoms with Crippen LogP contribution < -0.4 is 11.1 Å². The fourth-order valence-electron chi connectivity index (χ4n) is 1.12. The molecule has 0 heterocycles. The average Bonchev–Trinajstić information content (AvgIpc) is 2.20. The Balaban J connectivity index is 3.02. The lowest BCUT2D eigenvalue weighted by atomic mass is 10.0. The summed E-state index contributed by atoms with van der Waals surface area (Å²) in [4.78, 5) is 20.7. The summed E-state index contributed by atoms with van der Waals surface area (Å²) >= 11 is 0. The summed E-state index contributed by atoms with van der Waals surface area (Å²) in [6.45, 7) is 2.96. The maximum Gasteiger partial charge on any atom is 0.272 e. The molecular formula is C10H12FN3O3. The zero-order valence-electron chi connectivity index (χ0n) is 9.36. The van der Waals surface area contributed by atoms with Crippen LogP contribution >= 0.6 is 0 Å². The molecule has 0 aliphatic heterocycles. The van der Waals surface area contributed by atoms with Gasteiger partial charge in [-0.05, 0) is 19.9 Å². The molecule has 1 rings (SSSR count). The Morgan fingerprint density at radius 3 is 2.53 bits per heavy atom. The van der Waals surface area contributed by atoms with Gasteiger partial charge in [0.25, 0.3) is 5.69 Å². The number of carbonyl (C=O) groups excluding carboxylic acids is 1. The zero-order valence-corrected chi connectivity index (χ0v) is 9.36. The van der Waals surface area contributed by atoms with Crippen molar-refractivity contribution in [2.24, 2.45) is 5.73 Å². The number of amides is 1. The quantitative estimate of drug-likeness (QED) is 0.615. The number of carbonyl (C=O) groups is 1. The van der Waals surface area contributed by atoms with Gasteiger partial charge >= 0.3 is 0 Å². The van der Waals surface area contributed by atoms with Gasteiger partial charge < -0.3 is 11.1 Å². The molecule has 17 heavy (non-hydrogen) atoms. The van der Waals surface area contributed by atoms with Gasteiger partial charge in [-0.15, -0.1) is 0 Å². The molecular weight excluding hydrogens is 229 g/mol. The van der Waals surface area contributed by atoms with E-state index in [2.05, 4.69) is 5.32 Å². The highest BCUT2D eigenvalue weighted by Gasteiger charge is 2.26. The summed E-state index contributed by atoms with van der Waals surface area (Å²) in [5, 5.41) is 13.0. The van der Waals surface area contributed by atoms with Gasteiger partial charge in [-0.2, -0.15) is 0 Å². The number of non-ortho nitro benzene ring substituents is 1. The lowest BCUT2D eigenvalue weighted by Gasteiger charge is -2.23. The smallest absolute Gasteiger partial charge is 0.272 e. The van der Waals surface area contributed by atoms with Crippen molar-refractivity contribution in [3.8, 4) is 0 Å². The molecule has 0 spiro atoms. The minimum absolute atomic E-state index is 0.0144. The summed E-state index contributed by atoms with van der Waals surface area (Å²) in [5.41, 5.74) is 3.60. The van der Waals surface area contributed by atoms with Crippen LogP contribution in [0.3, 0.4) is 0 Å². The van der Waals surface area contributed by atoms with E-state index in [1.165, 1.54) is 19.9 Å². The molecule has 0 atom stereocenters. The first-order valence-corrected chi connectivity index (χ1v) is 4.76. The second kappa shape index (κ2) is 4.36. The number of halogens is 1. The third-order valence-electron chi connectivity index (χ3n) is 2.23. The predicted molar refractivity (Wildman–Crippen MR) is 60.0 cm³/mol. The Morgan fingerprint density at radius 1 is 1.53 bits per heavy atom. The molecule has 0 aromatic heterocycles. The first-order valence-electron chi connectivity index (χ1n) is 4.76. The summed E-state index contributed by atoms with van der Waals surface area (Å²) in [6, 6.07) is 3.11. The Hall–Kier alpha value is -2.18. The molecule has 1 aromatic carbocycles. The van der Waals surface area contributed by atoms with Crippen molar-refractivity contribution in [2.45, 2.75) is 19.4 Å². The Labute approximate surface area is 96.8 Å². The van der Waals surface area contributed by atoms with E-state index < -0.39 is 22.2 Å². The number of primary amides is 1. The summed E-state index contributed by atoms with van der Waals surface area (Å²) in [6.07, 6.45) is 0. The minimum Gasteiger partial charge on any atom is -0.369 e. The van der Waals surface area contributed by atoms with Gasteiger partial charge in [0.2, 0.25) is 5.91 Å². The Bertz CT molecular complexity index is 474. The highest BCUT2D eigenvalue weighted by atomic mass is 19.1. The van der Waals surface area contributed by atoms with Crippen LogP contribution in [0.25, 0.3) is 0 Å². The first kappa shape index (κ1) is 12.9. The maximum atomic E-state index is 13.5. The van der Waals surface area contributed by atoms with Crippen LogP contribution in [0.1, 0.15) is 13.8 Å². The summed E-state index contributed by atoms with van der Waals surface area (Å²) in [5.74, 6) is -1.47. The van der Waals surface area contributed by atoms with Crippen molar-refractivity contribution in [3.63, 3.8) is 0 Å². The van der Waals surface area contributed by atoms with Gasteiger partial charge in [0.05, 0.1) is 16.7 Å². The molecule has 0 saturated carbocycles. The Morgan fingerprint density at radius 2 is 2.12 bits per heavy atom. The highest BCUT2D eigenvalue weighted by molar-refractivity contribution is 5.87. The molecule has 0 aliphatic carbocycles. The Kier molecular flexibility index (Phi) is 3.31. The van der Waals surface area contributed by atoms with E-state index in [-0.39, 0.29) is 11.4 Å². The van der Waals surface area contributed by atoms with Gasteiger partial charge in [-0.3, -0.25) is 14.9 Å². The molecule has 1 aromatic rings. The molecule has 0 unspecified atom stereocenters. The van der Waals surface area contributed by atoms with Crippen molar-refractivity contribution in [1.82, 2.24) is 0 Å². The van der Waals surface area contributed by atoms with Crippen molar-refractivity contribution < 1.29 is 14.1 Å². The van der Waals surface area contributed by atoms with Crippen LogP contribution in [0.15, 0.2) is 18.2 Å². The lowest BCUT2D eigenvalue weighted by molar-refractivity contribution is -0.385. The van der Waals surface area contributed by atoms with Crippen LogP contribution in [0, 0.1) is 15.9 Å². The standard InChI is InChI=1S/C10H12FN3O3/c1-10(2,9(12)15)13-8-4-3-6(14(16)17)5-7(8)11/h3-5,13H,1-2H3,(H2,12,15). The van der Waals surface area contributed by atoms with Gasteiger partial charge in [0.15, 0.2) is 5.82 Å². The second-order valence-corrected chi connectivity index (χ2v) is 4.04. The molecule has 0 bridgehead atoms. The van der Waals surface area contributed by atoms with Gasteiger partial charge in [-0.25, -0.2) is 4.39 Å². The summed E-state index contributed by atoms with van der Waals surface area (Å²) in [7, 11) is 0. The van der Waals surface area contributed by atoms with E-state index >= 15 is 0 Å². The zero-order chi connectivity index (χ0) is 13.2. The van der Waals surface area contributed by atoms with Crippen LogP contribution in [0.2, 0.25) is 0 Å². The molecule has 0 radical (unpaired) electrons. The van der Waals surface area contributed by atoms with Crippen LogP contribution in [0.5, 0.6) is 0 Å². The normalized spacial score (nSPS) is 11.0. The van der Waals surface area contributed by atoms with E-state index in [0.29, 0.717) is 0 Å². The van der Waals surface area contributed by atoms with Crippen LogP contribution in [-0.2, 0) is 4.79 Å². The van der Waals surface area contributed by atoms with E-state index in [0.717, 1.165) is 12.1 Å². The van der Waals surface area contributed by atoms with E-state index in [9.17, 15) is 19.3 Å². The summed E-state index contributed by atoms with van der Waals surface area (Å²) < 4.78 is 13.5. The van der Waals surface area contributed by atoms with E-state index in [4.69, 9.17) is 5.73 Å².